The monoisotopic (exact) mass is 458 g/mol. The summed E-state index contributed by atoms with van der Waals surface area (Å²) in [6.45, 7) is 0.246. The van der Waals surface area contributed by atoms with Crippen LogP contribution < -0.4 is 14.2 Å². The van der Waals surface area contributed by atoms with Crippen LogP contribution in [0.1, 0.15) is 5.56 Å². The van der Waals surface area contributed by atoms with Gasteiger partial charge in [-0.05, 0) is 46.4 Å². The minimum atomic E-state index is -4.79. The average molecular weight is 459 g/mol. The van der Waals surface area contributed by atoms with Crippen LogP contribution in [0.3, 0.4) is 0 Å². The summed E-state index contributed by atoms with van der Waals surface area (Å²) in [4.78, 5) is 0. The van der Waals surface area contributed by atoms with Crippen LogP contribution in [0.15, 0.2) is 36.4 Å². The molecule has 0 aliphatic heterocycles. The second-order valence-corrected chi connectivity index (χ2v) is 5.97. The Morgan fingerprint density at radius 2 is 1.74 bits per heavy atom. The molecule has 0 atom stereocenters. The summed E-state index contributed by atoms with van der Waals surface area (Å²) in [7, 11) is 1.57. The fourth-order valence-electron chi connectivity index (χ4n) is 1.71. The van der Waals surface area contributed by atoms with E-state index in [9.17, 15) is 13.2 Å². The van der Waals surface area contributed by atoms with Gasteiger partial charge >= 0.3 is 6.36 Å². The fraction of sp³-hybridized carbons (Fsp3) is 0.200. The fourth-order valence-corrected chi connectivity index (χ4v) is 2.49. The first-order valence-electron chi connectivity index (χ1n) is 6.29. The van der Waals surface area contributed by atoms with E-state index in [1.165, 1.54) is 12.1 Å². The van der Waals surface area contributed by atoms with Crippen LogP contribution >= 0.6 is 34.2 Å². The molecular weight excluding hydrogens is 448 g/mol. The van der Waals surface area contributed by atoms with Crippen molar-refractivity contribution in [2.75, 3.05) is 7.11 Å². The third-order valence-corrected chi connectivity index (χ3v) is 3.90. The van der Waals surface area contributed by atoms with Gasteiger partial charge in [0.05, 0.1) is 15.7 Å². The summed E-state index contributed by atoms with van der Waals surface area (Å²) in [6.07, 6.45) is -4.79. The van der Waals surface area contributed by atoms with Gasteiger partial charge < -0.3 is 14.2 Å². The second-order valence-electron chi connectivity index (χ2n) is 4.40. The lowest BCUT2D eigenvalue weighted by Gasteiger charge is -2.14. The number of halogens is 5. The molecule has 8 heteroatoms. The van der Waals surface area contributed by atoms with Crippen molar-refractivity contribution in [2.24, 2.45) is 0 Å². The molecule has 0 amide bonds. The maximum absolute atomic E-state index is 12.3. The van der Waals surface area contributed by atoms with Gasteiger partial charge in [0.15, 0.2) is 0 Å². The third-order valence-electron chi connectivity index (χ3n) is 2.77. The molecule has 2 aromatic rings. The van der Waals surface area contributed by atoms with Gasteiger partial charge in [0.25, 0.3) is 0 Å². The largest absolute Gasteiger partial charge is 0.573 e. The number of benzene rings is 2. The first-order valence-corrected chi connectivity index (χ1v) is 7.74. The number of rotatable bonds is 5. The molecule has 0 radical (unpaired) electrons. The molecule has 0 aliphatic carbocycles. The predicted octanol–water partition coefficient (Wildman–Crippen LogP) is 5.43. The van der Waals surface area contributed by atoms with Crippen molar-refractivity contribution in [2.45, 2.75) is 13.0 Å². The molecule has 0 aliphatic rings. The minimum Gasteiger partial charge on any atom is -0.497 e. The lowest BCUT2D eigenvalue weighted by atomic mass is 10.2. The highest BCUT2D eigenvalue weighted by Crippen LogP contribution is 2.36. The normalized spacial score (nSPS) is 11.2. The lowest BCUT2D eigenvalue weighted by molar-refractivity contribution is -0.274. The summed E-state index contributed by atoms with van der Waals surface area (Å²) in [6, 6.07) is 9.71. The maximum atomic E-state index is 12.3. The number of methoxy groups -OCH3 is 1. The smallest absolute Gasteiger partial charge is 0.497 e. The van der Waals surface area contributed by atoms with Gasteiger partial charge in [-0.3, -0.25) is 0 Å². The zero-order chi connectivity index (χ0) is 17.0. The van der Waals surface area contributed by atoms with E-state index in [2.05, 4.69) is 4.74 Å². The van der Waals surface area contributed by atoms with Crippen molar-refractivity contribution >= 4 is 34.2 Å². The Hall–Kier alpha value is -1.35. The Bertz CT molecular complexity index is 675. The van der Waals surface area contributed by atoms with Crippen LogP contribution in [0, 0.1) is 3.57 Å². The Balaban J connectivity index is 2.09. The Labute approximate surface area is 149 Å². The average Bonchev–Trinajstić information content (AvgIpc) is 2.48. The van der Waals surface area contributed by atoms with Crippen LogP contribution in [-0.2, 0) is 6.61 Å². The summed E-state index contributed by atoms with van der Waals surface area (Å²) in [5.41, 5.74) is 0.883. The van der Waals surface area contributed by atoms with E-state index in [4.69, 9.17) is 21.1 Å². The quantitative estimate of drug-likeness (QED) is 0.559. The molecule has 124 valence electrons. The number of ether oxygens (including phenoxy) is 3. The zero-order valence-electron chi connectivity index (χ0n) is 11.8. The van der Waals surface area contributed by atoms with E-state index < -0.39 is 12.1 Å². The standard InChI is InChI=1S/C15H11ClF3IO3/c1-21-10-4-2-9(3-5-10)8-22-14-6-11(16)13(7-12(14)20)23-15(17,18)19/h2-7H,8H2,1H3. The van der Waals surface area contributed by atoms with Gasteiger partial charge in [0.2, 0.25) is 0 Å². The highest BCUT2D eigenvalue weighted by atomic mass is 127. The van der Waals surface area contributed by atoms with Gasteiger partial charge in [-0.1, -0.05) is 23.7 Å². The van der Waals surface area contributed by atoms with Gasteiger partial charge in [-0.2, -0.15) is 0 Å². The summed E-state index contributed by atoms with van der Waals surface area (Å²) in [5, 5.41) is -0.174. The van der Waals surface area contributed by atoms with Crippen molar-refractivity contribution in [3.63, 3.8) is 0 Å². The van der Waals surface area contributed by atoms with Gasteiger partial charge in [-0.25, -0.2) is 0 Å². The van der Waals surface area contributed by atoms with Crippen LogP contribution in [0.4, 0.5) is 13.2 Å². The van der Waals surface area contributed by atoms with Crippen LogP contribution in [0.5, 0.6) is 17.2 Å². The molecule has 0 saturated carbocycles. The predicted molar refractivity (Wildman–Crippen MR) is 88.2 cm³/mol. The topological polar surface area (TPSA) is 27.7 Å². The van der Waals surface area contributed by atoms with E-state index in [0.29, 0.717) is 9.32 Å². The van der Waals surface area contributed by atoms with Gasteiger partial charge in [0, 0.05) is 6.07 Å². The van der Waals surface area contributed by atoms with E-state index >= 15 is 0 Å². The van der Waals surface area contributed by atoms with E-state index in [-0.39, 0.29) is 11.6 Å². The van der Waals surface area contributed by atoms with Crippen LogP contribution in [-0.4, -0.2) is 13.5 Å². The van der Waals surface area contributed by atoms with E-state index in [0.717, 1.165) is 11.3 Å². The Morgan fingerprint density at radius 3 is 2.30 bits per heavy atom. The maximum Gasteiger partial charge on any atom is 0.573 e. The van der Waals surface area contributed by atoms with Gasteiger partial charge in [-0.15, -0.1) is 13.2 Å². The molecule has 23 heavy (non-hydrogen) atoms. The van der Waals surface area contributed by atoms with Crippen molar-refractivity contribution in [1.29, 1.82) is 0 Å². The molecule has 0 unspecified atom stereocenters. The van der Waals surface area contributed by atoms with E-state index in [1.807, 2.05) is 34.7 Å². The first kappa shape index (κ1) is 18.0. The molecule has 0 aromatic heterocycles. The molecule has 0 spiro atoms. The third kappa shape index (κ3) is 5.35. The highest BCUT2D eigenvalue weighted by Gasteiger charge is 2.32. The summed E-state index contributed by atoms with van der Waals surface area (Å²) < 4.78 is 51.7. The van der Waals surface area contributed by atoms with Crippen LogP contribution in [0.25, 0.3) is 0 Å². The molecule has 3 nitrogen and oxygen atoms in total. The molecule has 0 N–H and O–H groups in total. The minimum absolute atomic E-state index is 0.174. The van der Waals surface area contributed by atoms with Crippen molar-refractivity contribution in [3.05, 3.63) is 50.6 Å². The number of alkyl halides is 3. The molecule has 0 heterocycles. The zero-order valence-corrected chi connectivity index (χ0v) is 14.7. The van der Waals surface area contributed by atoms with Crippen LogP contribution in [0.2, 0.25) is 5.02 Å². The number of hydrogen-bond donors (Lipinski definition) is 0. The first-order chi connectivity index (χ1) is 10.8. The SMILES string of the molecule is COc1ccc(COc2cc(Cl)c(OC(F)(F)F)cc2I)cc1. The van der Waals surface area contributed by atoms with Gasteiger partial charge in [0.1, 0.15) is 23.9 Å². The molecule has 2 rings (SSSR count). The molecule has 0 fully saturated rings. The van der Waals surface area contributed by atoms with Crippen molar-refractivity contribution in [3.8, 4) is 17.2 Å². The summed E-state index contributed by atoms with van der Waals surface area (Å²) in [5.74, 6) is 0.640. The van der Waals surface area contributed by atoms with Crippen molar-refractivity contribution < 1.29 is 27.4 Å². The Kier molecular flexibility index (Phi) is 5.85. The molecule has 0 bridgehead atoms. The lowest BCUT2D eigenvalue weighted by Crippen LogP contribution is -2.17. The van der Waals surface area contributed by atoms with Crippen molar-refractivity contribution in [1.82, 2.24) is 0 Å². The molecule has 2 aromatic carbocycles. The Morgan fingerprint density at radius 1 is 1.09 bits per heavy atom. The number of hydrogen-bond acceptors (Lipinski definition) is 3. The second kappa shape index (κ2) is 7.48. The van der Waals surface area contributed by atoms with E-state index in [1.54, 1.807) is 19.2 Å². The highest BCUT2D eigenvalue weighted by molar-refractivity contribution is 14.1. The molecular formula is C15H11ClF3IO3. The molecule has 0 saturated heterocycles. The summed E-state index contributed by atoms with van der Waals surface area (Å²) >= 11 is 7.66.